The van der Waals surface area contributed by atoms with Crippen LogP contribution >= 0.6 is 15.3 Å². The Kier molecular flexibility index (Phi) is 7.12. The Labute approximate surface area is 65.2 Å². The van der Waals surface area contributed by atoms with Gasteiger partial charge in [-0.05, 0) is 0 Å². The minimum absolute atomic E-state index is 0.213. The first-order valence-electron chi connectivity index (χ1n) is 2.54. The molecule has 0 bridgehead atoms. The summed E-state index contributed by atoms with van der Waals surface area (Å²) in [4.78, 5) is 0. The lowest BCUT2D eigenvalue weighted by atomic mass is 10.7. The minimum Gasteiger partial charge on any atom is -0.407 e. The Morgan fingerprint density at radius 2 is 2.00 bits per heavy atom. The molecule has 5 heteroatoms. The third kappa shape index (κ3) is 5.04. The van der Waals surface area contributed by atoms with Crippen molar-refractivity contribution in [2.24, 2.45) is 0 Å². The van der Waals surface area contributed by atoms with Crippen LogP contribution in [0.15, 0.2) is 0 Å². The fourth-order valence-electron chi connectivity index (χ4n) is 0.373. The van der Waals surface area contributed by atoms with Gasteiger partial charge in [-0.15, -0.1) is 0 Å². The van der Waals surface area contributed by atoms with E-state index in [2.05, 4.69) is 15.3 Å². The molecule has 0 aliphatic carbocycles. The lowest BCUT2D eigenvalue weighted by Gasteiger charge is -2.11. The summed E-state index contributed by atoms with van der Waals surface area (Å²) in [5.41, 5.74) is 0. The summed E-state index contributed by atoms with van der Waals surface area (Å²) in [5.74, 6) is 0. The van der Waals surface area contributed by atoms with E-state index in [1.165, 1.54) is 0 Å². The largest absolute Gasteiger partial charge is 0.407 e. The maximum atomic E-state index is 5.08. The van der Waals surface area contributed by atoms with Gasteiger partial charge in [0.2, 0.25) is 8.38 Å². The molecule has 0 aliphatic heterocycles. The van der Waals surface area contributed by atoms with E-state index in [-0.39, 0.29) is 6.29 Å². The molecule has 0 atom stereocenters. The zero-order chi connectivity index (χ0) is 7.11. The molecule has 0 saturated carbocycles. The lowest BCUT2D eigenvalue weighted by Crippen LogP contribution is -2.20. The molecule has 0 N–H and O–H groups in total. The molecule has 0 fully saturated rings. The number of rotatable bonds is 5. The van der Waals surface area contributed by atoms with Crippen LogP contribution in [0.5, 0.6) is 0 Å². The topological polar surface area (TPSA) is 27.7 Å². The predicted molar refractivity (Wildman–Crippen MR) is 41.2 cm³/mol. The SMILES string of the molecule is COC(CO[SiH2]Br)OC. The average Bonchev–Trinajstić information content (AvgIpc) is 1.91. The van der Waals surface area contributed by atoms with Crippen molar-refractivity contribution < 1.29 is 13.9 Å². The van der Waals surface area contributed by atoms with Crippen molar-refractivity contribution in [1.29, 1.82) is 0 Å². The highest BCUT2D eigenvalue weighted by Gasteiger charge is 2.02. The van der Waals surface area contributed by atoms with Gasteiger partial charge in [-0.1, -0.05) is 15.3 Å². The maximum Gasteiger partial charge on any atom is 0.232 e. The molecule has 0 rings (SSSR count). The molecule has 0 unspecified atom stereocenters. The molecule has 0 spiro atoms. The third-order valence-corrected chi connectivity index (χ3v) is 2.22. The van der Waals surface area contributed by atoms with Gasteiger partial charge in [0.25, 0.3) is 0 Å². The zero-order valence-electron chi connectivity index (χ0n) is 5.59. The van der Waals surface area contributed by atoms with Crippen molar-refractivity contribution in [2.75, 3.05) is 20.8 Å². The van der Waals surface area contributed by atoms with Crippen LogP contribution < -0.4 is 0 Å². The third-order valence-electron chi connectivity index (χ3n) is 0.857. The number of hydrogen-bond acceptors (Lipinski definition) is 3. The molecule has 56 valence electrons. The molecule has 0 aromatic carbocycles. The molecule has 0 heterocycles. The first-order chi connectivity index (χ1) is 4.35. The summed E-state index contributed by atoms with van der Waals surface area (Å²) in [6.45, 7) is 0.518. The van der Waals surface area contributed by atoms with Gasteiger partial charge >= 0.3 is 0 Å². The first kappa shape index (κ1) is 9.58. The molecule has 0 radical (unpaired) electrons. The van der Waals surface area contributed by atoms with Gasteiger partial charge in [-0.3, -0.25) is 0 Å². The normalized spacial score (nSPS) is 12.0. The molecule has 0 amide bonds. The minimum atomic E-state index is -0.495. The van der Waals surface area contributed by atoms with Crippen LogP contribution in [0.4, 0.5) is 0 Å². The standard InChI is InChI=1S/C4H11BrO3Si/c1-6-4(7-2)3-8-9-5/h4H,3,9H2,1-2H3. The van der Waals surface area contributed by atoms with Crippen molar-refractivity contribution in [3.05, 3.63) is 0 Å². The summed E-state index contributed by atoms with van der Waals surface area (Å²) < 4.78 is 14.8. The van der Waals surface area contributed by atoms with Gasteiger partial charge in [0, 0.05) is 14.2 Å². The molecular formula is C4H11BrO3Si. The molecule has 0 saturated heterocycles. The number of halogens is 1. The Hall–Kier alpha value is 0.577. The molecule has 0 aliphatic rings. The number of methoxy groups -OCH3 is 2. The van der Waals surface area contributed by atoms with Gasteiger partial charge < -0.3 is 13.9 Å². The van der Waals surface area contributed by atoms with Crippen molar-refractivity contribution >= 4 is 23.7 Å². The summed E-state index contributed by atoms with van der Waals surface area (Å²) in [6.07, 6.45) is -0.213. The molecular weight excluding hydrogens is 204 g/mol. The van der Waals surface area contributed by atoms with E-state index in [1.54, 1.807) is 14.2 Å². The van der Waals surface area contributed by atoms with Crippen molar-refractivity contribution in [3.63, 3.8) is 0 Å². The zero-order valence-corrected chi connectivity index (χ0v) is 8.59. The molecule has 0 aromatic heterocycles. The van der Waals surface area contributed by atoms with Gasteiger partial charge in [-0.2, -0.15) is 0 Å². The van der Waals surface area contributed by atoms with Crippen LogP contribution in [-0.4, -0.2) is 35.5 Å². The highest BCUT2D eigenvalue weighted by molar-refractivity contribution is 9.23. The van der Waals surface area contributed by atoms with E-state index in [4.69, 9.17) is 13.9 Å². The van der Waals surface area contributed by atoms with Crippen LogP contribution in [0.25, 0.3) is 0 Å². The van der Waals surface area contributed by atoms with Gasteiger partial charge in [0.1, 0.15) is 0 Å². The number of hydrogen-bond donors (Lipinski definition) is 0. The second kappa shape index (κ2) is 6.69. The van der Waals surface area contributed by atoms with Crippen LogP contribution in [-0.2, 0) is 13.9 Å². The van der Waals surface area contributed by atoms with Crippen molar-refractivity contribution in [2.45, 2.75) is 6.29 Å². The summed E-state index contributed by atoms with van der Waals surface area (Å²) in [6, 6.07) is 0. The average molecular weight is 215 g/mol. The smallest absolute Gasteiger partial charge is 0.232 e. The van der Waals surface area contributed by atoms with E-state index in [0.29, 0.717) is 6.61 Å². The van der Waals surface area contributed by atoms with Crippen LogP contribution in [0.3, 0.4) is 0 Å². The Bertz CT molecular complexity index is 59.8. The van der Waals surface area contributed by atoms with E-state index in [0.717, 1.165) is 0 Å². The van der Waals surface area contributed by atoms with Crippen LogP contribution in [0, 0.1) is 0 Å². The van der Waals surface area contributed by atoms with Crippen LogP contribution in [0.1, 0.15) is 0 Å². The van der Waals surface area contributed by atoms with Crippen molar-refractivity contribution in [1.82, 2.24) is 0 Å². The second-order valence-corrected chi connectivity index (χ2v) is 3.38. The van der Waals surface area contributed by atoms with Crippen LogP contribution in [0.2, 0.25) is 0 Å². The Morgan fingerprint density at radius 3 is 2.33 bits per heavy atom. The maximum absolute atomic E-state index is 5.08. The Balaban J connectivity index is 3.09. The predicted octanol–water partition coefficient (Wildman–Crippen LogP) is 0.0156. The van der Waals surface area contributed by atoms with E-state index in [1.807, 2.05) is 0 Å². The molecule has 9 heavy (non-hydrogen) atoms. The van der Waals surface area contributed by atoms with E-state index >= 15 is 0 Å². The van der Waals surface area contributed by atoms with Gasteiger partial charge in [0.05, 0.1) is 6.61 Å². The van der Waals surface area contributed by atoms with E-state index in [9.17, 15) is 0 Å². The van der Waals surface area contributed by atoms with E-state index < -0.39 is 8.38 Å². The van der Waals surface area contributed by atoms with Gasteiger partial charge in [0.15, 0.2) is 6.29 Å². The fourth-order valence-corrected chi connectivity index (χ4v) is 1.22. The number of ether oxygens (including phenoxy) is 2. The van der Waals surface area contributed by atoms with Crippen molar-refractivity contribution in [3.8, 4) is 0 Å². The fraction of sp³-hybridized carbons (Fsp3) is 1.00. The lowest BCUT2D eigenvalue weighted by molar-refractivity contribution is -0.121. The second-order valence-electron chi connectivity index (χ2n) is 1.38. The summed E-state index contributed by atoms with van der Waals surface area (Å²) in [7, 11) is 2.69. The highest BCUT2D eigenvalue weighted by Crippen LogP contribution is 1.91. The molecule has 0 aromatic rings. The summed E-state index contributed by atoms with van der Waals surface area (Å²) in [5, 5.41) is 0. The van der Waals surface area contributed by atoms with Gasteiger partial charge in [-0.25, -0.2) is 0 Å². The first-order valence-corrected chi connectivity index (χ1v) is 7.02. The Morgan fingerprint density at radius 1 is 1.44 bits per heavy atom. The quantitative estimate of drug-likeness (QED) is 0.367. The highest BCUT2D eigenvalue weighted by atomic mass is 79.9. The summed E-state index contributed by atoms with van der Waals surface area (Å²) >= 11 is 3.24. The monoisotopic (exact) mass is 214 g/mol. The molecule has 3 nitrogen and oxygen atoms in total.